The molecule has 10 heteroatoms. The van der Waals surface area contributed by atoms with Crippen molar-refractivity contribution >= 4 is 45.0 Å². The second-order valence-electron chi connectivity index (χ2n) is 8.94. The van der Waals surface area contributed by atoms with E-state index < -0.39 is 5.82 Å². The summed E-state index contributed by atoms with van der Waals surface area (Å²) in [7, 11) is 1.82. The van der Waals surface area contributed by atoms with Crippen LogP contribution in [0.2, 0.25) is 5.02 Å². The van der Waals surface area contributed by atoms with E-state index >= 15 is 4.39 Å². The number of hydrogen-bond donors (Lipinski definition) is 2. The number of halogens is 2. The summed E-state index contributed by atoms with van der Waals surface area (Å²) in [6, 6.07) is 7.66. The van der Waals surface area contributed by atoms with Crippen LogP contribution in [0.3, 0.4) is 0 Å². The first-order valence-electron chi connectivity index (χ1n) is 11.9. The van der Waals surface area contributed by atoms with E-state index in [4.69, 9.17) is 11.6 Å². The van der Waals surface area contributed by atoms with E-state index in [0.29, 0.717) is 54.9 Å². The molecule has 0 aliphatic carbocycles. The monoisotopic (exact) mass is 517 g/mol. The van der Waals surface area contributed by atoms with Crippen molar-refractivity contribution in [3.05, 3.63) is 64.7 Å². The first-order chi connectivity index (χ1) is 17.9. The number of anilines is 1. The van der Waals surface area contributed by atoms with Crippen LogP contribution in [-0.2, 0) is 4.79 Å². The van der Waals surface area contributed by atoms with E-state index in [-0.39, 0.29) is 22.0 Å². The Morgan fingerprint density at radius 1 is 1.24 bits per heavy atom. The zero-order chi connectivity index (χ0) is 26.1. The standard InChI is InChI=1S/C27H25ClFN7O/c1-16-5-6-21-19(15-33-34-21)23(16)24-20(28)12-18-26(25(24)29)32-14-17(13-30)27(18)36-10-8-35(9-11-36)22(37)4-3-7-31-2/h3-6,12,14-15,31H,7-11H2,1-2H3,(H,33,34)/b4-3+. The lowest BCUT2D eigenvalue weighted by Crippen LogP contribution is -2.48. The Balaban J connectivity index is 1.57. The summed E-state index contributed by atoms with van der Waals surface area (Å²) in [6.45, 7) is 4.46. The average molecular weight is 518 g/mol. The number of H-pyrrole nitrogens is 1. The summed E-state index contributed by atoms with van der Waals surface area (Å²) in [5.41, 5.74) is 3.59. The molecule has 0 bridgehead atoms. The number of nitriles is 1. The molecule has 0 atom stereocenters. The second-order valence-corrected chi connectivity index (χ2v) is 9.34. The van der Waals surface area contributed by atoms with Crippen molar-refractivity contribution in [2.45, 2.75) is 6.92 Å². The van der Waals surface area contributed by atoms with Crippen LogP contribution in [0, 0.1) is 24.1 Å². The maximum absolute atomic E-state index is 16.2. The summed E-state index contributed by atoms with van der Waals surface area (Å²) in [5, 5.41) is 21.3. The summed E-state index contributed by atoms with van der Waals surface area (Å²) < 4.78 is 16.2. The fraction of sp³-hybridized carbons (Fsp3) is 0.259. The third kappa shape index (κ3) is 4.39. The van der Waals surface area contributed by atoms with Gasteiger partial charge in [0.2, 0.25) is 5.91 Å². The number of hydrogen-bond acceptors (Lipinski definition) is 6. The molecule has 1 saturated heterocycles. The number of fused-ring (bicyclic) bond motifs is 2. The number of likely N-dealkylation sites (N-methyl/N-ethyl adjacent to an activating group) is 1. The molecule has 3 heterocycles. The Morgan fingerprint density at radius 2 is 2.03 bits per heavy atom. The number of benzene rings is 2. The van der Waals surface area contributed by atoms with Crippen molar-refractivity contribution in [3.8, 4) is 17.2 Å². The number of aryl methyl sites for hydroxylation is 1. The molecule has 1 aliphatic rings. The Hall–Kier alpha value is -4.00. The predicted molar refractivity (Wildman–Crippen MR) is 143 cm³/mol. The molecule has 1 fully saturated rings. The van der Waals surface area contributed by atoms with E-state index in [1.165, 1.54) is 6.20 Å². The Labute approximate surface area is 218 Å². The molecular formula is C27H25ClFN7O. The van der Waals surface area contributed by atoms with Crippen LogP contribution in [0.4, 0.5) is 10.1 Å². The zero-order valence-corrected chi connectivity index (χ0v) is 21.2. The Morgan fingerprint density at radius 3 is 2.76 bits per heavy atom. The van der Waals surface area contributed by atoms with Gasteiger partial charge in [0.1, 0.15) is 11.6 Å². The van der Waals surface area contributed by atoms with Crippen molar-refractivity contribution in [2.75, 3.05) is 44.7 Å². The van der Waals surface area contributed by atoms with Crippen LogP contribution < -0.4 is 10.2 Å². The molecule has 1 aliphatic heterocycles. The number of carbonyl (C=O) groups excluding carboxylic acids is 1. The number of aromatic amines is 1. The van der Waals surface area contributed by atoms with Crippen molar-refractivity contribution in [1.82, 2.24) is 25.4 Å². The highest BCUT2D eigenvalue weighted by molar-refractivity contribution is 6.35. The fourth-order valence-electron chi connectivity index (χ4n) is 4.89. The summed E-state index contributed by atoms with van der Waals surface area (Å²) in [5.74, 6) is -0.606. The van der Waals surface area contributed by atoms with E-state index in [0.717, 1.165) is 16.5 Å². The van der Waals surface area contributed by atoms with Gasteiger partial charge in [-0.25, -0.2) is 4.39 Å². The van der Waals surface area contributed by atoms with Gasteiger partial charge >= 0.3 is 0 Å². The molecular weight excluding hydrogens is 493 g/mol. The van der Waals surface area contributed by atoms with Gasteiger partial charge in [-0.15, -0.1) is 0 Å². The molecule has 188 valence electrons. The number of nitrogens with zero attached hydrogens (tertiary/aromatic N) is 5. The van der Waals surface area contributed by atoms with E-state index in [2.05, 4.69) is 26.6 Å². The average Bonchev–Trinajstić information content (AvgIpc) is 3.38. The lowest BCUT2D eigenvalue weighted by atomic mass is 9.94. The minimum absolute atomic E-state index is 0.0579. The van der Waals surface area contributed by atoms with Crippen molar-refractivity contribution in [2.24, 2.45) is 0 Å². The van der Waals surface area contributed by atoms with E-state index in [1.807, 2.05) is 31.0 Å². The van der Waals surface area contributed by atoms with Gasteiger partial charge in [-0.05, 0) is 31.7 Å². The van der Waals surface area contributed by atoms with Gasteiger partial charge in [0.15, 0.2) is 5.82 Å². The van der Waals surface area contributed by atoms with Gasteiger partial charge in [-0.3, -0.25) is 14.9 Å². The Bertz CT molecular complexity index is 1580. The molecule has 0 unspecified atom stereocenters. The van der Waals surface area contributed by atoms with Gasteiger partial charge in [0.05, 0.1) is 28.0 Å². The fourth-order valence-corrected chi connectivity index (χ4v) is 5.18. The van der Waals surface area contributed by atoms with Gasteiger partial charge in [-0.2, -0.15) is 10.4 Å². The van der Waals surface area contributed by atoms with E-state index in [1.54, 1.807) is 29.3 Å². The summed E-state index contributed by atoms with van der Waals surface area (Å²) in [4.78, 5) is 20.6. The summed E-state index contributed by atoms with van der Waals surface area (Å²) >= 11 is 6.75. The molecule has 37 heavy (non-hydrogen) atoms. The van der Waals surface area contributed by atoms with Gasteiger partial charge in [0.25, 0.3) is 0 Å². The maximum Gasteiger partial charge on any atom is 0.246 e. The minimum Gasteiger partial charge on any atom is -0.366 e. The van der Waals surface area contributed by atoms with Crippen LogP contribution in [0.25, 0.3) is 32.9 Å². The van der Waals surface area contributed by atoms with Crippen LogP contribution >= 0.6 is 11.6 Å². The first-order valence-corrected chi connectivity index (χ1v) is 12.3. The molecule has 0 radical (unpaired) electrons. The quantitative estimate of drug-likeness (QED) is 0.385. The highest BCUT2D eigenvalue weighted by Gasteiger charge is 2.27. The van der Waals surface area contributed by atoms with E-state index in [9.17, 15) is 10.1 Å². The summed E-state index contributed by atoms with van der Waals surface area (Å²) in [6.07, 6.45) is 6.41. The SMILES string of the molecule is CNC/C=C/C(=O)N1CCN(c2c(C#N)cnc3c(F)c(-c4c(C)ccc5[nH]ncc45)c(Cl)cc23)CC1. The second kappa shape index (κ2) is 10.2. The number of carbonyl (C=O) groups is 1. The zero-order valence-electron chi connectivity index (χ0n) is 20.5. The number of rotatable bonds is 5. The van der Waals surface area contributed by atoms with Crippen LogP contribution in [0.15, 0.2) is 42.7 Å². The minimum atomic E-state index is -0.548. The molecule has 8 nitrogen and oxygen atoms in total. The molecule has 2 aromatic carbocycles. The number of pyridine rings is 1. The number of aromatic nitrogens is 3. The van der Waals surface area contributed by atoms with Crippen molar-refractivity contribution in [1.29, 1.82) is 5.26 Å². The lowest BCUT2D eigenvalue weighted by molar-refractivity contribution is -0.126. The van der Waals surface area contributed by atoms with Crippen LogP contribution in [-0.4, -0.2) is 65.8 Å². The van der Waals surface area contributed by atoms with Crippen LogP contribution in [0.5, 0.6) is 0 Å². The van der Waals surface area contributed by atoms with Gasteiger partial charge in [0, 0.05) is 66.9 Å². The molecule has 1 amide bonds. The van der Waals surface area contributed by atoms with Crippen LogP contribution in [0.1, 0.15) is 11.1 Å². The number of amides is 1. The molecule has 0 spiro atoms. The molecule has 2 N–H and O–H groups in total. The predicted octanol–water partition coefficient (Wildman–Crippen LogP) is 4.17. The van der Waals surface area contributed by atoms with Gasteiger partial charge < -0.3 is 15.1 Å². The lowest BCUT2D eigenvalue weighted by Gasteiger charge is -2.36. The molecule has 5 rings (SSSR count). The Kier molecular flexibility index (Phi) is 6.78. The first kappa shape index (κ1) is 24.7. The molecule has 2 aromatic heterocycles. The smallest absolute Gasteiger partial charge is 0.246 e. The highest BCUT2D eigenvalue weighted by Crippen LogP contribution is 2.42. The number of piperazine rings is 1. The maximum atomic E-state index is 16.2. The molecule has 4 aromatic rings. The topological polar surface area (TPSA) is 101 Å². The van der Waals surface area contributed by atoms with Crippen molar-refractivity contribution < 1.29 is 9.18 Å². The van der Waals surface area contributed by atoms with Gasteiger partial charge in [-0.1, -0.05) is 23.7 Å². The normalized spacial score (nSPS) is 14.1. The largest absolute Gasteiger partial charge is 0.366 e. The third-order valence-corrected chi connectivity index (χ3v) is 7.02. The third-order valence-electron chi connectivity index (χ3n) is 6.72. The number of nitrogens with one attached hydrogen (secondary N) is 2. The molecule has 0 saturated carbocycles. The van der Waals surface area contributed by atoms with Crippen molar-refractivity contribution in [3.63, 3.8) is 0 Å². The highest BCUT2D eigenvalue weighted by atomic mass is 35.5.